The molecule has 1 aliphatic heterocycles. The van der Waals surface area contributed by atoms with Gasteiger partial charge in [0.1, 0.15) is 6.10 Å². The van der Waals surface area contributed by atoms with Crippen LogP contribution in [0, 0.1) is 0 Å². The number of aliphatic hydroxyl groups is 1. The van der Waals surface area contributed by atoms with Gasteiger partial charge in [0.15, 0.2) is 11.5 Å². The van der Waals surface area contributed by atoms with Crippen LogP contribution in [0.25, 0.3) is 0 Å². The first-order valence-corrected chi connectivity index (χ1v) is 6.95. The first-order chi connectivity index (χ1) is 9.74. The molecule has 0 saturated heterocycles. The summed E-state index contributed by atoms with van der Waals surface area (Å²) in [4.78, 5) is 0. The number of hydrogen-bond donors (Lipinski definition) is 1. The molecule has 1 unspecified atom stereocenters. The van der Waals surface area contributed by atoms with Gasteiger partial charge in [-0.1, -0.05) is 29.8 Å². The van der Waals surface area contributed by atoms with E-state index in [1.165, 1.54) is 0 Å². The standard InChI is InChI=1S/C16H15ClO3/c17-13-4-1-3-11(9-13)16(18)12-5-6-14-15(10-12)20-8-2-7-19-14/h1,3-6,9-10,16,18H,2,7-8H2. The van der Waals surface area contributed by atoms with Gasteiger partial charge in [-0.25, -0.2) is 0 Å². The van der Waals surface area contributed by atoms with Gasteiger partial charge in [0.2, 0.25) is 0 Å². The van der Waals surface area contributed by atoms with Crippen molar-refractivity contribution in [3.63, 3.8) is 0 Å². The molecule has 4 heteroatoms. The van der Waals surface area contributed by atoms with Crippen LogP contribution in [-0.2, 0) is 0 Å². The maximum absolute atomic E-state index is 10.4. The van der Waals surface area contributed by atoms with Crippen molar-refractivity contribution in [1.29, 1.82) is 0 Å². The zero-order chi connectivity index (χ0) is 13.9. The van der Waals surface area contributed by atoms with Crippen LogP contribution >= 0.6 is 11.6 Å². The minimum absolute atomic E-state index is 0.607. The molecule has 2 aromatic carbocycles. The molecule has 0 amide bonds. The Labute approximate surface area is 122 Å². The average Bonchev–Trinajstić information content (AvgIpc) is 2.71. The van der Waals surface area contributed by atoms with E-state index in [-0.39, 0.29) is 0 Å². The zero-order valence-electron chi connectivity index (χ0n) is 10.9. The summed E-state index contributed by atoms with van der Waals surface area (Å²) in [5.41, 5.74) is 1.52. The monoisotopic (exact) mass is 290 g/mol. The largest absolute Gasteiger partial charge is 0.490 e. The molecule has 3 nitrogen and oxygen atoms in total. The van der Waals surface area contributed by atoms with Gasteiger partial charge in [0.25, 0.3) is 0 Å². The Balaban J connectivity index is 1.92. The Kier molecular flexibility index (Phi) is 3.81. The molecule has 1 aliphatic rings. The van der Waals surface area contributed by atoms with Crippen molar-refractivity contribution in [3.05, 3.63) is 58.6 Å². The second-order valence-electron chi connectivity index (χ2n) is 4.71. The van der Waals surface area contributed by atoms with Gasteiger partial charge in [-0.3, -0.25) is 0 Å². The van der Waals surface area contributed by atoms with E-state index in [9.17, 15) is 5.11 Å². The molecule has 1 atom stereocenters. The van der Waals surface area contributed by atoms with E-state index in [2.05, 4.69) is 0 Å². The van der Waals surface area contributed by atoms with E-state index in [1.807, 2.05) is 30.3 Å². The quantitative estimate of drug-likeness (QED) is 0.919. The zero-order valence-corrected chi connectivity index (χ0v) is 11.6. The van der Waals surface area contributed by atoms with Crippen molar-refractivity contribution < 1.29 is 14.6 Å². The van der Waals surface area contributed by atoms with Crippen molar-refractivity contribution in [2.45, 2.75) is 12.5 Å². The van der Waals surface area contributed by atoms with Crippen molar-refractivity contribution in [2.75, 3.05) is 13.2 Å². The summed E-state index contributed by atoms with van der Waals surface area (Å²) in [7, 11) is 0. The van der Waals surface area contributed by atoms with Crippen LogP contribution in [0.4, 0.5) is 0 Å². The molecule has 0 radical (unpaired) electrons. The Morgan fingerprint density at radius 2 is 1.70 bits per heavy atom. The van der Waals surface area contributed by atoms with Gasteiger partial charge < -0.3 is 14.6 Å². The average molecular weight is 291 g/mol. The number of aliphatic hydroxyl groups excluding tert-OH is 1. The van der Waals surface area contributed by atoms with E-state index in [4.69, 9.17) is 21.1 Å². The molecule has 1 N–H and O–H groups in total. The summed E-state index contributed by atoms with van der Waals surface area (Å²) in [5, 5.41) is 11.0. The van der Waals surface area contributed by atoms with E-state index >= 15 is 0 Å². The molecule has 0 spiro atoms. The lowest BCUT2D eigenvalue weighted by Crippen LogP contribution is -2.01. The van der Waals surface area contributed by atoms with E-state index in [0.717, 1.165) is 23.3 Å². The van der Waals surface area contributed by atoms with Gasteiger partial charge in [0.05, 0.1) is 13.2 Å². The van der Waals surface area contributed by atoms with Crippen molar-refractivity contribution in [1.82, 2.24) is 0 Å². The predicted octanol–water partition coefficient (Wildman–Crippen LogP) is 3.58. The molecular weight excluding hydrogens is 276 g/mol. The van der Waals surface area contributed by atoms with Crippen molar-refractivity contribution in [3.8, 4) is 11.5 Å². The summed E-state index contributed by atoms with van der Waals surface area (Å²) in [6, 6.07) is 12.7. The molecule has 2 aromatic rings. The van der Waals surface area contributed by atoms with Crippen LogP contribution in [0.1, 0.15) is 23.7 Å². The highest BCUT2D eigenvalue weighted by Crippen LogP contribution is 2.34. The van der Waals surface area contributed by atoms with Crippen LogP contribution in [0.2, 0.25) is 5.02 Å². The van der Waals surface area contributed by atoms with Crippen LogP contribution < -0.4 is 9.47 Å². The second kappa shape index (κ2) is 5.73. The summed E-state index contributed by atoms with van der Waals surface area (Å²) < 4.78 is 11.2. The number of ether oxygens (including phenoxy) is 2. The minimum atomic E-state index is -0.731. The Hall–Kier alpha value is -1.71. The fraction of sp³-hybridized carbons (Fsp3) is 0.250. The molecular formula is C16H15ClO3. The minimum Gasteiger partial charge on any atom is -0.490 e. The van der Waals surface area contributed by atoms with Crippen LogP contribution in [0.3, 0.4) is 0 Å². The van der Waals surface area contributed by atoms with Crippen molar-refractivity contribution >= 4 is 11.6 Å². The predicted molar refractivity (Wildman–Crippen MR) is 77.6 cm³/mol. The second-order valence-corrected chi connectivity index (χ2v) is 5.15. The first-order valence-electron chi connectivity index (χ1n) is 6.57. The topological polar surface area (TPSA) is 38.7 Å². The van der Waals surface area contributed by atoms with Gasteiger partial charge in [-0.2, -0.15) is 0 Å². The Bertz CT molecular complexity index is 612. The molecule has 104 valence electrons. The molecule has 0 bridgehead atoms. The summed E-state index contributed by atoms with van der Waals surface area (Å²) in [5.74, 6) is 1.41. The third-order valence-corrected chi connectivity index (χ3v) is 3.49. The highest BCUT2D eigenvalue weighted by atomic mass is 35.5. The third kappa shape index (κ3) is 2.74. The van der Waals surface area contributed by atoms with E-state index in [1.54, 1.807) is 12.1 Å². The highest BCUT2D eigenvalue weighted by molar-refractivity contribution is 6.30. The summed E-state index contributed by atoms with van der Waals surface area (Å²) >= 11 is 5.96. The SMILES string of the molecule is OC(c1cccc(Cl)c1)c1ccc2c(c1)OCCCO2. The maximum atomic E-state index is 10.4. The maximum Gasteiger partial charge on any atom is 0.161 e. The Morgan fingerprint density at radius 3 is 2.50 bits per heavy atom. The molecule has 3 rings (SSSR count). The molecule has 1 heterocycles. The van der Waals surface area contributed by atoms with Gasteiger partial charge in [-0.05, 0) is 35.4 Å². The summed E-state index contributed by atoms with van der Waals surface area (Å²) in [6.07, 6.45) is 0.131. The Morgan fingerprint density at radius 1 is 0.950 bits per heavy atom. The lowest BCUT2D eigenvalue weighted by atomic mass is 10.0. The number of rotatable bonds is 2. The van der Waals surface area contributed by atoms with Gasteiger partial charge in [0, 0.05) is 11.4 Å². The normalized spacial score (nSPS) is 15.5. The number of halogens is 1. The molecule has 0 aliphatic carbocycles. The highest BCUT2D eigenvalue weighted by Gasteiger charge is 2.16. The van der Waals surface area contributed by atoms with Gasteiger partial charge >= 0.3 is 0 Å². The lowest BCUT2D eigenvalue weighted by molar-refractivity contribution is 0.219. The molecule has 0 fully saturated rings. The van der Waals surface area contributed by atoms with Gasteiger partial charge in [-0.15, -0.1) is 0 Å². The fourth-order valence-electron chi connectivity index (χ4n) is 2.22. The van der Waals surface area contributed by atoms with Crippen LogP contribution in [0.15, 0.2) is 42.5 Å². The first kappa shape index (κ1) is 13.3. The third-order valence-electron chi connectivity index (χ3n) is 3.25. The van der Waals surface area contributed by atoms with Crippen LogP contribution in [-0.4, -0.2) is 18.3 Å². The molecule has 20 heavy (non-hydrogen) atoms. The van der Waals surface area contributed by atoms with E-state index < -0.39 is 6.10 Å². The smallest absolute Gasteiger partial charge is 0.161 e. The lowest BCUT2D eigenvalue weighted by Gasteiger charge is -2.14. The fourth-order valence-corrected chi connectivity index (χ4v) is 2.42. The molecule has 0 saturated carbocycles. The van der Waals surface area contributed by atoms with E-state index in [0.29, 0.717) is 24.0 Å². The number of benzene rings is 2. The number of fused-ring (bicyclic) bond motifs is 1. The summed E-state index contributed by atoms with van der Waals surface area (Å²) in [6.45, 7) is 1.28. The van der Waals surface area contributed by atoms with Crippen LogP contribution in [0.5, 0.6) is 11.5 Å². The van der Waals surface area contributed by atoms with Crippen molar-refractivity contribution in [2.24, 2.45) is 0 Å². The number of hydrogen-bond acceptors (Lipinski definition) is 3. The molecule has 0 aromatic heterocycles.